The van der Waals surface area contributed by atoms with Gasteiger partial charge in [0.1, 0.15) is 0 Å². The van der Waals surface area contributed by atoms with Gasteiger partial charge in [-0.2, -0.15) is 0 Å². The number of amides is 1. The van der Waals surface area contributed by atoms with Crippen LogP contribution in [0.5, 0.6) is 0 Å². The van der Waals surface area contributed by atoms with E-state index < -0.39 is 0 Å². The zero-order chi connectivity index (χ0) is 12.3. The Morgan fingerprint density at radius 3 is 1.75 bits per heavy atom. The molecule has 5 nitrogen and oxygen atoms in total. The van der Waals surface area contributed by atoms with Crippen molar-refractivity contribution in [1.82, 2.24) is 9.80 Å². The molecule has 0 saturated carbocycles. The number of carbonyl (C=O) groups excluding carboxylic acids is 1. The van der Waals surface area contributed by atoms with E-state index in [1.165, 1.54) is 0 Å². The van der Waals surface area contributed by atoms with E-state index in [1.807, 2.05) is 13.8 Å². The average Bonchev–Trinajstić information content (AvgIpc) is 2.27. The van der Waals surface area contributed by atoms with Crippen molar-refractivity contribution in [3.63, 3.8) is 0 Å². The maximum absolute atomic E-state index is 11.0. The summed E-state index contributed by atoms with van der Waals surface area (Å²) in [6.07, 6.45) is 0. The van der Waals surface area contributed by atoms with Crippen LogP contribution in [-0.4, -0.2) is 59.0 Å². The van der Waals surface area contributed by atoms with Crippen LogP contribution in [0.1, 0.15) is 13.8 Å². The van der Waals surface area contributed by atoms with Crippen LogP contribution in [0, 0.1) is 0 Å². The Bertz CT molecular complexity index is 248. The molecule has 2 atom stereocenters. The second kappa shape index (κ2) is 5.56. The van der Waals surface area contributed by atoms with E-state index in [-0.39, 0.29) is 18.0 Å². The normalized spacial score (nSPS) is 22.6. The van der Waals surface area contributed by atoms with E-state index in [1.54, 1.807) is 0 Å². The van der Waals surface area contributed by atoms with Crippen LogP contribution in [0.2, 0.25) is 0 Å². The second-order valence-corrected chi connectivity index (χ2v) is 4.70. The first-order chi connectivity index (χ1) is 7.43. The zero-order valence-corrected chi connectivity index (χ0v) is 10.7. The van der Waals surface area contributed by atoms with Crippen molar-refractivity contribution in [3.8, 4) is 0 Å². The van der Waals surface area contributed by atoms with Gasteiger partial charge in [-0.1, -0.05) is 12.2 Å². The van der Waals surface area contributed by atoms with Gasteiger partial charge in [-0.05, 0) is 13.8 Å². The summed E-state index contributed by atoms with van der Waals surface area (Å²) in [4.78, 5) is 15.9. The summed E-state index contributed by atoms with van der Waals surface area (Å²) in [5, 5.41) is 0. The molecular formula is C10H20N4OS. The second-order valence-electron chi connectivity index (χ2n) is 4.23. The van der Waals surface area contributed by atoms with Gasteiger partial charge in [0.15, 0.2) is 0 Å². The van der Waals surface area contributed by atoms with Gasteiger partial charge < -0.3 is 11.5 Å². The lowest BCUT2D eigenvalue weighted by Crippen LogP contribution is -2.56. The minimum atomic E-state index is -0.268. The number of primary amides is 1. The van der Waals surface area contributed by atoms with Gasteiger partial charge in [-0.25, -0.2) is 0 Å². The molecule has 1 fully saturated rings. The summed E-state index contributed by atoms with van der Waals surface area (Å²) in [5.41, 5.74) is 10.9. The Hall–Kier alpha value is -0.720. The Morgan fingerprint density at radius 2 is 1.44 bits per heavy atom. The first-order valence-electron chi connectivity index (χ1n) is 5.50. The number of carbonyl (C=O) groups is 1. The third kappa shape index (κ3) is 3.13. The lowest BCUT2D eigenvalue weighted by molar-refractivity contribution is -0.123. The van der Waals surface area contributed by atoms with Crippen molar-refractivity contribution >= 4 is 23.1 Å². The molecule has 0 spiro atoms. The molecule has 1 aliphatic heterocycles. The predicted molar refractivity (Wildman–Crippen MR) is 68.0 cm³/mol. The third-order valence-electron chi connectivity index (χ3n) is 3.27. The lowest BCUT2D eigenvalue weighted by Gasteiger charge is -2.39. The molecular weight excluding hydrogens is 224 g/mol. The number of rotatable bonds is 4. The third-order valence-corrected chi connectivity index (χ3v) is 3.61. The van der Waals surface area contributed by atoms with E-state index >= 15 is 0 Å². The van der Waals surface area contributed by atoms with Crippen LogP contribution in [0.4, 0.5) is 0 Å². The van der Waals surface area contributed by atoms with Crippen LogP contribution in [0.3, 0.4) is 0 Å². The van der Waals surface area contributed by atoms with Crippen molar-refractivity contribution in [2.75, 3.05) is 26.2 Å². The van der Waals surface area contributed by atoms with Crippen molar-refractivity contribution in [1.29, 1.82) is 0 Å². The molecule has 4 N–H and O–H groups in total. The summed E-state index contributed by atoms with van der Waals surface area (Å²) in [6, 6.07) is -0.0664. The highest BCUT2D eigenvalue weighted by Crippen LogP contribution is 2.09. The van der Waals surface area contributed by atoms with Crippen molar-refractivity contribution in [3.05, 3.63) is 0 Å². The van der Waals surface area contributed by atoms with Gasteiger partial charge in [0.05, 0.1) is 17.1 Å². The molecule has 16 heavy (non-hydrogen) atoms. The molecule has 0 radical (unpaired) electrons. The summed E-state index contributed by atoms with van der Waals surface area (Å²) in [6.45, 7) is 7.25. The van der Waals surface area contributed by atoms with Crippen molar-refractivity contribution < 1.29 is 4.79 Å². The number of nitrogens with two attached hydrogens (primary N) is 2. The minimum absolute atomic E-state index is 0.126. The smallest absolute Gasteiger partial charge is 0.234 e. The van der Waals surface area contributed by atoms with E-state index in [2.05, 4.69) is 9.80 Å². The molecule has 6 heteroatoms. The largest absolute Gasteiger partial charge is 0.392 e. The average molecular weight is 244 g/mol. The maximum atomic E-state index is 11.0. The first kappa shape index (κ1) is 13.3. The highest BCUT2D eigenvalue weighted by molar-refractivity contribution is 7.80. The van der Waals surface area contributed by atoms with Crippen molar-refractivity contribution in [2.45, 2.75) is 25.9 Å². The fraction of sp³-hybridized carbons (Fsp3) is 0.800. The van der Waals surface area contributed by atoms with Gasteiger partial charge >= 0.3 is 0 Å². The van der Waals surface area contributed by atoms with Crippen molar-refractivity contribution in [2.24, 2.45) is 11.5 Å². The summed E-state index contributed by atoms with van der Waals surface area (Å²) < 4.78 is 0. The monoisotopic (exact) mass is 244 g/mol. The van der Waals surface area contributed by atoms with E-state index in [4.69, 9.17) is 23.7 Å². The van der Waals surface area contributed by atoms with Gasteiger partial charge in [0.2, 0.25) is 5.91 Å². The van der Waals surface area contributed by atoms with E-state index in [9.17, 15) is 4.79 Å². The number of thiocarbonyl (C=S) groups is 1. The number of hydrogen-bond acceptors (Lipinski definition) is 4. The summed E-state index contributed by atoms with van der Waals surface area (Å²) >= 11 is 4.97. The maximum Gasteiger partial charge on any atom is 0.234 e. The number of nitrogens with zero attached hydrogens (tertiary/aromatic N) is 2. The van der Waals surface area contributed by atoms with Gasteiger partial charge in [-0.3, -0.25) is 14.6 Å². The van der Waals surface area contributed by atoms with E-state index in [0.29, 0.717) is 4.99 Å². The fourth-order valence-electron chi connectivity index (χ4n) is 1.87. The molecule has 92 valence electrons. The number of piperazine rings is 1. The molecule has 2 unspecified atom stereocenters. The fourth-order valence-corrected chi connectivity index (χ4v) is 2.02. The Kier molecular flexibility index (Phi) is 4.64. The molecule has 1 amide bonds. The summed E-state index contributed by atoms with van der Waals surface area (Å²) in [7, 11) is 0. The van der Waals surface area contributed by atoms with Crippen LogP contribution >= 0.6 is 12.2 Å². The van der Waals surface area contributed by atoms with Gasteiger partial charge in [-0.15, -0.1) is 0 Å². The van der Waals surface area contributed by atoms with E-state index in [0.717, 1.165) is 26.2 Å². The molecule has 1 aliphatic rings. The predicted octanol–water partition coefficient (Wildman–Crippen LogP) is -0.848. The first-order valence-corrected chi connectivity index (χ1v) is 5.91. The Morgan fingerprint density at radius 1 is 1.06 bits per heavy atom. The van der Waals surface area contributed by atoms with Crippen LogP contribution in [-0.2, 0) is 4.79 Å². The quantitative estimate of drug-likeness (QED) is 0.630. The molecule has 1 saturated heterocycles. The van der Waals surface area contributed by atoms with Crippen LogP contribution < -0.4 is 11.5 Å². The molecule has 0 aromatic rings. The number of hydrogen-bond donors (Lipinski definition) is 2. The highest BCUT2D eigenvalue weighted by atomic mass is 32.1. The van der Waals surface area contributed by atoms with Crippen LogP contribution in [0.15, 0.2) is 0 Å². The zero-order valence-electron chi connectivity index (χ0n) is 9.85. The Labute approximate surface area is 102 Å². The molecule has 1 rings (SSSR count). The van der Waals surface area contributed by atoms with Gasteiger partial charge in [0.25, 0.3) is 0 Å². The summed E-state index contributed by atoms with van der Waals surface area (Å²) in [5.74, 6) is -0.268. The Balaban J connectivity index is 2.45. The highest BCUT2D eigenvalue weighted by Gasteiger charge is 2.26. The lowest BCUT2D eigenvalue weighted by atomic mass is 10.2. The topological polar surface area (TPSA) is 75.6 Å². The molecule has 0 aromatic carbocycles. The molecule has 0 bridgehead atoms. The molecule has 0 aliphatic carbocycles. The molecule has 1 heterocycles. The molecule has 0 aromatic heterocycles. The van der Waals surface area contributed by atoms with Crippen LogP contribution in [0.25, 0.3) is 0 Å². The standard InChI is InChI=1S/C10H20N4OS/c1-7(9(11)15)13-3-5-14(6-4-13)8(2)10(12)16/h7-8H,3-6H2,1-2H3,(H2,11,15)(H2,12,16). The minimum Gasteiger partial charge on any atom is -0.392 e. The SMILES string of the molecule is CC(C(N)=O)N1CCN(C(C)C(N)=S)CC1. The van der Waals surface area contributed by atoms with Gasteiger partial charge in [0, 0.05) is 26.2 Å².